The topological polar surface area (TPSA) is 105 Å². The van der Waals surface area contributed by atoms with Crippen LogP contribution in [0.25, 0.3) is 0 Å². The lowest BCUT2D eigenvalue weighted by atomic mass is 10.1. The molecule has 0 aliphatic rings. The summed E-state index contributed by atoms with van der Waals surface area (Å²) in [6.45, 7) is 2.93. The van der Waals surface area contributed by atoms with Gasteiger partial charge < -0.3 is 15.2 Å². The molecular formula is C11H20N2O5. The van der Waals surface area contributed by atoms with Gasteiger partial charge in [-0.2, -0.15) is 0 Å². The van der Waals surface area contributed by atoms with Crippen molar-refractivity contribution in [2.24, 2.45) is 0 Å². The van der Waals surface area contributed by atoms with E-state index in [4.69, 9.17) is 5.11 Å². The molecule has 0 radical (unpaired) electrons. The standard InChI is InChI=1S/C11H20N2O5/c1-3-5-8(4-2)12-11(17)13-9(14)6-18-7-10(15)16/h8H,3-7H2,1-2H3,(H,15,16)(H2,12,13,14,17). The third-order valence-electron chi connectivity index (χ3n) is 2.18. The number of carbonyl (C=O) groups excluding carboxylic acids is 2. The van der Waals surface area contributed by atoms with E-state index in [1.807, 2.05) is 13.8 Å². The fourth-order valence-electron chi connectivity index (χ4n) is 1.34. The number of carboxylic acid groups (broad SMARTS) is 1. The molecule has 0 rings (SSSR count). The van der Waals surface area contributed by atoms with Crippen molar-refractivity contribution in [1.29, 1.82) is 0 Å². The molecule has 0 fully saturated rings. The Morgan fingerprint density at radius 1 is 1.22 bits per heavy atom. The van der Waals surface area contributed by atoms with E-state index >= 15 is 0 Å². The molecule has 0 bridgehead atoms. The van der Waals surface area contributed by atoms with Crippen LogP contribution >= 0.6 is 0 Å². The quantitative estimate of drug-likeness (QED) is 0.589. The number of hydrogen-bond acceptors (Lipinski definition) is 4. The minimum atomic E-state index is -1.17. The van der Waals surface area contributed by atoms with Gasteiger partial charge in [0.1, 0.15) is 13.2 Å². The molecule has 1 atom stereocenters. The van der Waals surface area contributed by atoms with Crippen LogP contribution < -0.4 is 10.6 Å². The summed E-state index contributed by atoms with van der Waals surface area (Å²) in [4.78, 5) is 32.7. The monoisotopic (exact) mass is 260 g/mol. The van der Waals surface area contributed by atoms with E-state index < -0.39 is 31.1 Å². The third-order valence-corrected chi connectivity index (χ3v) is 2.18. The first-order valence-corrected chi connectivity index (χ1v) is 5.89. The highest BCUT2D eigenvalue weighted by molar-refractivity contribution is 5.95. The van der Waals surface area contributed by atoms with Crippen LogP contribution in [-0.4, -0.2) is 42.3 Å². The maximum absolute atomic E-state index is 11.4. The van der Waals surface area contributed by atoms with E-state index in [0.717, 1.165) is 19.3 Å². The number of carbonyl (C=O) groups is 3. The Bertz CT molecular complexity index is 293. The Balaban J connectivity index is 3.85. The molecule has 0 aliphatic heterocycles. The van der Waals surface area contributed by atoms with E-state index in [-0.39, 0.29) is 6.04 Å². The van der Waals surface area contributed by atoms with Crippen LogP contribution in [0.1, 0.15) is 33.1 Å². The maximum Gasteiger partial charge on any atom is 0.329 e. The van der Waals surface area contributed by atoms with E-state index in [1.54, 1.807) is 0 Å². The first-order valence-electron chi connectivity index (χ1n) is 5.89. The van der Waals surface area contributed by atoms with Crippen molar-refractivity contribution in [3.63, 3.8) is 0 Å². The van der Waals surface area contributed by atoms with Crippen molar-refractivity contribution in [1.82, 2.24) is 10.6 Å². The maximum atomic E-state index is 11.4. The average molecular weight is 260 g/mol. The summed E-state index contributed by atoms with van der Waals surface area (Å²) >= 11 is 0. The van der Waals surface area contributed by atoms with Crippen LogP contribution in [0, 0.1) is 0 Å². The molecule has 104 valence electrons. The van der Waals surface area contributed by atoms with Crippen molar-refractivity contribution in [3.8, 4) is 0 Å². The van der Waals surface area contributed by atoms with Gasteiger partial charge in [0, 0.05) is 6.04 Å². The predicted octanol–water partition coefficient (Wildman–Crippen LogP) is 0.492. The molecule has 1 unspecified atom stereocenters. The van der Waals surface area contributed by atoms with Gasteiger partial charge >= 0.3 is 12.0 Å². The highest BCUT2D eigenvalue weighted by atomic mass is 16.5. The van der Waals surface area contributed by atoms with Crippen LogP contribution in [0.2, 0.25) is 0 Å². The lowest BCUT2D eigenvalue weighted by molar-refractivity contribution is -0.143. The molecule has 0 spiro atoms. The van der Waals surface area contributed by atoms with Gasteiger partial charge in [-0.05, 0) is 12.8 Å². The minimum absolute atomic E-state index is 0.0303. The number of imide groups is 1. The number of ether oxygens (including phenoxy) is 1. The Labute approximate surface area is 106 Å². The summed E-state index contributed by atoms with van der Waals surface area (Å²) in [7, 11) is 0. The fourth-order valence-corrected chi connectivity index (χ4v) is 1.34. The Kier molecular flexibility index (Phi) is 8.55. The second kappa shape index (κ2) is 9.41. The summed E-state index contributed by atoms with van der Waals surface area (Å²) in [5.74, 6) is -1.83. The van der Waals surface area contributed by atoms with Crippen molar-refractivity contribution >= 4 is 17.9 Å². The number of rotatable bonds is 8. The summed E-state index contributed by atoms with van der Waals surface area (Å²) in [6.07, 6.45) is 2.56. The first-order chi connectivity index (χ1) is 8.49. The van der Waals surface area contributed by atoms with Crippen molar-refractivity contribution < 1.29 is 24.2 Å². The zero-order valence-electron chi connectivity index (χ0n) is 10.7. The average Bonchev–Trinajstić information content (AvgIpc) is 2.27. The number of amides is 3. The van der Waals surface area contributed by atoms with Gasteiger partial charge in [0.05, 0.1) is 0 Å². The molecule has 0 aromatic carbocycles. The first kappa shape index (κ1) is 16.4. The Morgan fingerprint density at radius 3 is 2.39 bits per heavy atom. The molecule has 7 heteroatoms. The van der Waals surface area contributed by atoms with Gasteiger partial charge in [-0.25, -0.2) is 9.59 Å². The molecule has 7 nitrogen and oxygen atoms in total. The van der Waals surface area contributed by atoms with Gasteiger partial charge in [0.15, 0.2) is 0 Å². The van der Waals surface area contributed by atoms with Crippen LogP contribution in [0.4, 0.5) is 4.79 Å². The molecule has 0 aliphatic carbocycles. The molecule has 3 N–H and O–H groups in total. The van der Waals surface area contributed by atoms with Crippen molar-refractivity contribution in [3.05, 3.63) is 0 Å². The minimum Gasteiger partial charge on any atom is -0.480 e. The van der Waals surface area contributed by atoms with E-state index in [2.05, 4.69) is 15.4 Å². The fraction of sp³-hybridized carbons (Fsp3) is 0.727. The second-order valence-electron chi connectivity index (χ2n) is 3.80. The van der Waals surface area contributed by atoms with Crippen LogP contribution in [0.3, 0.4) is 0 Å². The van der Waals surface area contributed by atoms with E-state index in [1.165, 1.54) is 0 Å². The van der Waals surface area contributed by atoms with Crippen LogP contribution in [0.5, 0.6) is 0 Å². The number of nitrogens with one attached hydrogen (secondary N) is 2. The van der Waals surface area contributed by atoms with Crippen LogP contribution in [-0.2, 0) is 14.3 Å². The zero-order valence-corrected chi connectivity index (χ0v) is 10.7. The molecule has 0 aromatic heterocycles. The number of urea groups is 1. The summed E-state index contributed by atoms with van der Waals surface area (Å²) in [6, 6.07) is -0.554. The summed E-state index contributed by atoms with van der Waals surface area (Å²) < 4.78 is 4.54. The number of carboxylic acids is 1. The molecule has 0 heterocycles. The van der Waals surface area contributed by atoms with Gasteiger partial charge in [-0.3, -0.25) is 10.1 Å². The molecule has 0 aromatic rings. The highest BCUT2D eigenvalue weighted by Gasteiger charge is 2.12. The lowest BCUT2D eigenvalue weighted by Crippen LogP contribution is -2.45. The molecule has 3 amide bonds. The second-order valence-corrected chi connectivity index (χ2v) is 3.80. The lowest BCUT2D eigenvalue weighted by Gasteiger charge is -2.15. The van der Waals surface area contributed by atoms with Gasteiger partial charge in [0.2, 0.25) is 0 Å². The normalized spacial score (nSPS) is 11.7. The highest BCUT2D eigenvalue weighted by Crippen LogP contribution is 2.00. The molecular weight excluding hydrogens is 240 g/mol. The summed E-state index contributed by atoms with van der Waals surface area (Å²) in [5, 5.41) is 13.0. The third kappa shape index (κ3) is 8.51. The number of hydrogen-bond donors (Lipinski definition) is 3. The van der Waals surface area contributed by atoms with Gasteiger partial charge in [0.25, 0.3) is 5.91 Å². The van der Waals surface area contributed by atoms with Crippen molar-refractivity contribution in [2.45, 2.75) is 39.2 Å². The zero-order chi connectivity index (χ0) is 14.0. The predicted molar refractivity (Wildman–Crippen MR) is 64.1 cm³/mol. The molecule has 0 saturated heterocycles. The van der Waals surface area contributed by atoms with E-state index in [0.29, 0.717) is 0 Å². The smallest absolute Gasteiger partial charge is 0.329 e. The number of aliphatic carboxylic acids is 1. The Hall–Kier alpha value is -1.63. The van der Waals surface area contributed by atoms with Gasteiger partial charge in [-0.15, -0.1) is 0 Å². The molecule has 18 heavy (non-hydrogen) atoms. The van der Waals surface area contributed by atoms with Crippen molar-refractivity contribution in [2.75, 3.05) is 13.2 Å². The SMILES string of the molecule is CCCC(CC)NC(=O)NC(=O)COCC(=O)O. The Morgan fingerprint density at radius 2 is 1.89 bits per heavy atom. The largest absolute Gasteiger partial charge is 0.480 e. The summed E-state index contributed by atoms with van der Waals surface area (Å²) in [5.41, 5.74) is 0. The van der Waals surface area contributed by atoms with Crippen LogP contribution in [0.15, 0.2) is 0 Å². The van der Waals surface area contributed by atoms with Gasteiger partial charge in [-0.1, -0.05) is 20.3 Å². The molecule has 0 saturated carbocycles. The van der Waals surface area contributed by atoms with E-state index in [9.17, 15) is 14.4 Å².